The van der Waals surface area contributed by atoms with Crippen molar-refractivity contribution >= 4 is 23.4 Å². The first-order chi connectivity index (χ1) is 8.58. The van der Waals surface area contributed by atoms with Crippen LogP contribution in [0.25, 0.3) is 0 Å². The van der Waals surface area contributed by atoms with Crippen LogP contribution in [0.4, 0.5) is 0 Å². The molecule has 0 spiro atoms. The number of rotatable bonds is 6. The molecule has 0 amide bonds. The third-order valence-electron chi connectivity index (χ3n) is 2.66. The maximum atomic E-state index is 12.0. The average Bonchev–Trinajstić information content (AvgIpc) is 2.33. The van der Waals surface area contributed by atoms with Gasteiger partial charge in [0.2, 0.25) is 0 Å². The summed E-state index contributed by atoms with van der Waals surface area (Å²) >= 11 is 5.77. The van der Waals surface area contributed by atoms with Crippen molar-refractivity contribution in [2.45, 2.75) is 26.7 Å². The van der Waals surface area contributed by atoms with Gasteiger partial charge in [0.1, 0.15) is 5.92 Å². The maximum absolute atomic E-state index is 12.0. The standard InChI is InChI=1S/C14H17ClO3/c1-3-12(14(17)18-4-2)13(16)9-10-5-7-11(15)8-6-10/h5-8,12H,3-4,9H2,1-2H3. The van der Waals surface area contributed by atoms with Gasteiger partial charge in [0, 0.05) is 11.4 Å². The van der Waals surface area contributed by atoms with Crippen molar-refractivity contribution in [3.8, 4) is 0 Å². The van der Waals surface area contributed by atoms with Crippen molar-refractivity contribution in [3.63, 3.8) is 0 Å². The molecule has 0 saturated carbocycles. The molecule has 0 radical (unpaired) electrons. The summed E-state index contributed by atoms with van der Waals surface area (Å²) in [6, 6.07) is 7.04. The van der Waals surface area contributed by atoms with Crippen LogP contribution in [0.5, 0.6) is 0 Å². The van der Waals surface area contributed by atoms with Gasteiger partial charge in [0.15, 0.2) is 5.78 Å². The Hall–Kier alpha value is -1.35. The van der Waals surface area contributed by atoms with E-state index in [1.807, 2.05) is 0 Å². The van der Waals surface area contributed by atoms with Crippen LogP contribution >= 0.6 is 11.6 Å². The lowest BCUT2D eigenvalue weighted by molar-refractivity contribution is -0.151. The molecule has 3 nitrogen and oxygen atoms in total. The molecule has 0 aliphatic rings. The van der Waals surface area contributed by atoms with Gasteiger partial charge in [-0.25, -0.2) is 0 Å². The second kappa shape index (κ2) is 7.17. The van der Waals surface area contributed by atoms with E-state index in [0.717, 1.165) is 5.56 Å². The van der Waals surface area contributed by atoms with E-state index in [2.05, 4.69) is 0 Å². The molecule has 0 bridgehead atoms. The molecule has 1 unspecified atom stereocenters. The van der Waals surface area contributed by atoms with Crippen LogP contribution < -0.4 is 0 Å². The molecule has 1 aromatic carbocycles. The first kappa shape index (κ1) is 14.7. The van der Waals surface area contributed by atoms with Crippen LogP contribution in [-0.4, -0.2) is 18.4 Å². The zero-order valence-corrected chi connectivity index (χ0v) is 11.4. The van der Waals surface area contributed by atoms with Crippen molar-refractivity contribution in [2.75, 3.05) is 6.61 Å². The van der Waals surface area contributed by atoms with Crippen molar-refractivity contribution in [1.29, 1.82) is 0 Å². The molecule has 0 aromatic heterocycles. The molecule has 1 rings (SSSR count). The third-order valence-corrected chi connectivity index (χ3v) is 2.91. The van der Waals surface area contributed by atoms with E-state index in [-0.39, 0.29) is 12.2 Å². The minimum Gasteiger partial charge on any atom is -0.465 e. The Bertz CT molecular complexity index is 412. The Morgan fingerprint density at radius 3 is 2.33 bits per heavy atom. The fraction of sp³-hybridized carbons (Fsp3) is 0.429. The van der Waals surface area contributed by atoms with E-state index in [1.165, 1.54) is 0 Å². The number of hydrogen-bond acceptors (Lipinski definition) is 3. The molecule has 0 saturated heterocycles. The van der Waals surface area contributed by atoms with E-state index in [4.69, 9.17) is 16.3 Å². The average molecular weight is 269 g/mol. The quantitative estimate of drug-likeness (QED) is 0.588. The van der Waals surface area contributed by atoms with E-state index >= 15 is 0 Å². The van der Waals surface area contributed by atoms with E-state index in [1.54, 1.807) is 38.1 Å². The van der Waals surface area contributed by atoms with Gasteiger partial charge >= 0.3 is 5.97 Å². The normalized spacial score (nSPS) is 11.9. The molecule has 1 aromatic rings. The summed E-state index contributed by atoms with van der Waals surface area (Å²) in [7, 11) is 0. The highest BCUT2D eigenvalue weighted by Gasteiger charge is 2.25. The zero-order valence-electron chi connectivity index (χ0n) is 10.6. The van der Waals surface area contributed by atoms with Gasteiger partial charge in [-0.2, -0.15) is 0 Å². The predicted octanol–water partition coefficient (Wildman–Crippen LogP) is 3.04. The first-order valence-corrected chi connectivity index (χ1v) is 6.40. The van der Waals surface area contributed by atoms with Crippen LogP contribution in [0.1, 0.15) is 25.8 Å². The first-order valence-electron chi connectivity index (χ1n) is 6.02. The van der Waals surface area contributed by atoms with Crippen LogP contribution in [0.3, 0.4) is 0 Å². The Balaban J connectivity index is 2.67. The molecule has 18 heavy (non-hydrogen) atoms. The minimum atomic E-state index is -0.666. The maximum Gasteiger partial charge on any atom is 0.316 e. The molecule has 1 atom stereocenters. The largest absolute Gasteiger partial charge is 0.465 e. The van der Waals surface area contributed by atoms with E-state index in [0.29, 0.717) is 18.1 Å². The third kappa shape index (κ3) is 4.15. The molecular formula is C14H17ClO3. The van der Waals surface area contributed by atoms with Gasteiger partial charge in [0.25, 0.3) is 0 Å². The summed E-state index contributed by atoms with van der Waals surface area (Å²) in [5.74, 6) is -1.21. The number of carbonyl (C=O) groups excluding carboxylic acids is 2. The molecule has 0 aliphatic carbocycles. The summed E-state index contributed by atoms with van der Waals surface area (Å²) in [4.78, 5) is 23.6. The summed E-state index contributed by atoms with van der Waals surface area (Å²) in [6.07, 6.45) is 0.694. The zero-order chi connectivity index (χ0) is 13.5. The Morgan fingerprint density at radius 1 is 1.22 bits per heavy atom. The number of hydrogen-bond donors (Lipinski definition) is 0. The number of halogens is 1. The summed E-state index contributed by atoms with van der Waals surface area (Å²) in [5.41, 5.74) is 0.854. The second-order valence-corrected chi connectivity index (χ2v) is 4.42. The van der Waals surface area contributed by atoms with Crippen molar-refractivity contribution in [2.24, 2.45) is 5.92 Å². The van der Waals surface area contributed by atoms with Crippen LogP contribution in [0.15, 0.2) is 24.3 Å². The molecule has 0 fully saturated rings. The lowest BCUT2D eigenvalue weighted by Crippen LogP contribution is -2.27. The van der Waals surface area contributed by atoms with Gasteiger partial charge in [-0.1, -0.05) is 30.7 Å². The van der Waals surface area contributed by atoms with Crippen LogP contribution in [0.2, 0.25) is 5.02 Å². The molecular weight excluding hydrogens is 252 g/mol. The van der Waals surface area contributed by atoms with Gasteiger partial charge in [-0.15, -0.1) is 0 Å². The van der Waals surface area contributed by atoms with Crippen LogP contribution in [0, 0.1) is 5.92 Å². The SMILES string of the molecule is CCOC(=O)C(CC)C(=O)Cc1ccc(Cl)cc1. The minimum absolute atomic E-state index is 0.113. The van der Waals surface area contributed by atoms with Crippen molar-refractivity contribution in [3.05, 3.63) is 34.9 Å². The van der Waals surface area contributed by atoms with E-state index < -0.39 is 11.9 Å². The van der Waals surface area contributed by atoms with Gasteiger partial charge < -0.3 is 4.74 Å². The number of Topliss-reactive ketones (excluding diaryl/α,β-unsaturated/α-hetero) is 1. The highest BCUT2D eigenvalue weighted by Crippen LogP contribution is 2.14. The summed E-state index contributed by atoms with van der Waals surface area (Å²) in [5, 5.41) is 0.628. The number of esters is 1. The Labute approximate surface area is 112 Å². The van der Waals surface area contributed by atoms with Crippen LogP contribution in [-0.2, 0) is 20.7 Å². The molecule has 4 heteroatoms. The predicted molar refractivity (Wildman–Crippen MR) is 70.6 cm³/mol. The Morgan fingerprint density at radius 2 is 1.83 bits per heavy atom. The number of carbonyl (C=O) groups is 2. The lowest BCUT2D eigenvalue weighted by atomic mass is 9.96. The molecule has 0 heterocycles. The number of benzene rings is 1. The molecule has 0 N–H and O–H groups in total. The van der Waals surface area contributed by atoms with Crippen molar-refractivity contribution < 1.29 is 14.3 Å². The molecule has 98 valence electrons. The lowest BCUT2D eigenvalue weighted by Gasteiger charge is -2.12. The second-order valence-electron chi connectivity index (χ2n) is 3.98. The smallest absolute Gasteiger partial charge is 0.316 e. The highest BCUT2D eigenvalue weighted by atomic mass is 35.5. The van der Waals surface area contributed by atoms with E-state index in [9.17, 15) is 9.59 Å². The summed E-state index contributed by atoms with van der Waals surface area (Å²) < 4.78 is 4.89. The van der Waals surface area contributed by atoms with Gasteiger partial charge in [0.05, 0.1) is 6.61 Å². The van der Waals surface area contributed by atoms with Gasteiger partial charge in [-0.05, 0) is 31.0 Å². The molecule has 0 aliphatic heterocycles. The number of ether oxygens (including phenoxy) is 1. The fourth-order valence-corrected chi connectivity index (χ4v) is 1.82. The highest BCUT2D eigenvalue weighted by molar-refractivity contribution is 6.30. The monoisotopic (exact) mass is 268 g/mol. The summed E-state index contributed by atoms with van der Waals surface area (Å²) in [6.45, 7) is 3.83. The van der Waals surface area contributed by atoms with Gasteiger partial charge in [-0.3, -0.25) is 9.59 Å². The Kier molecular flexibility index (Phi) is 5.86. The number of ketones is 1. The fourth-order valence-electron chi connectivity index (χ4n) is 1.70. The van der Waals surface area contributed by atoms with Crippen molar-refractivity contribution in [1.82, 2.24) is 0 Å². The topological polar surface area (TPSA) is 43.4 Å².